The summed E-state index contributed by atoms with van der Waals surface area (Å²) in [4.78, 5) is 15.9. The van der Waals surface area contributed by atoms with E-state index in [4.69, 9.17) is 30.2 Å². The molecule has 0 radical (unpaired) electrons. The molecule has 4 N–H and O–H groups in total. The van der Waals surface area contributed by atoms with E-state index < -0.39 is 5.79 Å². The fraction of sp³-hybridized carbons (Fsp3) is 0.423. The SMILES string of the molecule is Cc1nc(NCc2cccs2)nc(N[C@@H]2C[C@H](CN)[C@H]3OC(C)(C)O[C@H]32)c1-c1nc2ccccc2s1. The Morgan fingerprint density at radius 3 is 2.69 bits per heavy atom. The molecule has 36 heavy (non-hydrogen) atoms. The first kappa shape index (κ1) is 23.7. The number of para-hydroxylation sites is 1. The minimum Gasteiger partial charge on any atom is -0.364 e. The Labute approximate surface area is 218 Å². The molecule has 3 aromatic heterocycles. The van der Waals surface area contributed by atoms with E-state index in [2.05, 4.69) is 28.1 Å². The number of thiophene rings is 1. The molecule has 1 aliphatic carbocycles. The molecular formula is C26H30N6O2S2. The molecule has 0 bridgehead atoms. The zero-order valence-corrected chi connectivity index (χ0v) is 22.2. The van der Waals surface area contributed by atoms with E-state index in [1.54, 1.807) is 22.7 Å². The maximum Gasteiger partial charge on any atom is 0.225 e. The molecule has 1 saturated carbocycles. The van der Waals surface area contributed by atoms with Gasteiger partial charge >= 0.3 is 0 Å². The van der Waals surface area contributed by atoms with E-state index >= 15 is 0 Å². The Bertz CT molecular complexity index is 1340. The second-order valence-electron chi connectivity index (χ2n) is 9.82. The number of nitrogens with zero attached hydrogens (tertiary/aromatic N) is 3. The molecule has 4 heterocycles. The molecule has 0 spiro atoms. The molecule has 4 atom stereocenters. The van der Waals surface area contributed by atoms with Gasteiger partial charge in [0.15, 0.2) is 5.79 Å². The number of ether oxygens (including phenoxy) is 2. The van der Waals surface area contributed by atoms with Crippen LogP contribution in [0.4, 0.5) is 11.8 Å². The third-order valence-corrected chi connectivity index (χ3v) is 8.74. The summed E-state index contributed by atoms with van der Waals surface area (Å²) in [6.07, 6.45) is 0.713. The van der Waals surface area contributed by atoms with Gasteiger partial charge in [-0.15, -0.1) is 22.7 Å². The molecule has 10 heteroatoms. The maximum atomic E-state index is 6.33. The highest BCUT2D eigenvalue weighted by atomic mass is 32.1. The first-order valence-electron chi connectivity index (χ1n) is 12.2. The van der Waals surface area contributed by atoms with Gasteiger partial charge in [-0.1, -0.05) is 18.2 Å². The molecule has 0 amide bonds. The summed E-state index contributed by atoms with van der Waals surface area (Å²) in [5.74, 6) is 0.931. The quantitative estimate of drug-likeness (QED) is 0.311. The predicted octanol–water partition coefficient (Wildman–Crippen LogP) is 5.01. The second-order valence-corrected chi connectivity index (χ2v) is 11.9. The van der Waals surface area contributed by atoms with Crippen molar-refractivity contribution in [2.75, 3.05) is 17.2 Å². The molecule has 2 fully saturated rings. The van der Waals surface area contributed by atoms with Crippen molar-refractivity contribution < 1.29 is 9.47 Å². The van der Waals surface area contributed by atoms with Gasteiger partial charge in [-0.2, -0.15) is 4.98 Å². The molecule has 1 aromatic carbocycles. The van der Waals surface area contributed by atoms with Crippen LogP contribution in [0.1, 0.15) is 30.8 Å². The number of aromatic nitrogens is 3. The minimum atomic E-state index is -0.631. The van der Waals surface area contributed by atoms with Crippen molar-refractivity contribution in [3.8, 4) is 10.6 Å². The van der Waals surface area contributed by atoms with E-state index in [0.717, 1.165) is 38.7 Å². The van der Waals surface area contributed by atoms with Crippen LogP contribution in [0, 0.1) is 12.8 Å². The van der Waals surface area contributed by atoms with Crippen LogP contribution in [0.2, 0.25) is 0 Å². The number of thiazole rings is 1. The van der Waals surface area contributed by atoms with Crippen LogP contribution < -0.4 is 16.4 Å². The number of hydrogen-bond acceptors (Lipinski definition) is 10. The number of rotatable bonds is 7. The van der Waals surface area contributed by atoms with Gasteiger partial charge in [0.25, 0.3) is 0 Å². The second kappa shape index (κ2) is 9.35. The van der Waals surface area contributed by atoms with E-state index in [1.807, 2.05) is 45.0 Å². The largest absolute Gasteiger partial charge is 0.364 e. The van der Waals surface area contributed by atoms with Gasteiger partial charge in [0, 0.05) is 10.8 Å². The monoisotopic (exact) mass is 522 g/mol. The number of anilines is 2. The van der Waals surface area contributed by atoms with Crippen LogP contribution in [0.25, 0.3) is 20.8 Å². The molecule has 6 rings (SSSR count). The van der Waals surface area contributed by atoms with Gasteiger partial charge < -0.3 is 25.8 Å². The maximum absolute atomic E-state index is 6.33. The van der Waals surface area contributed by atoms with Crippen molar-refractivity contribution in [1.29, 1.82) is 0 Å². The Morgan fingerprint density at radius 2 is 1.92 bits per heavy atom. The average molecular weight is 523 g/mol. The summed E-state index contributed by atoms with van der Waals surface area (Å²) in [6.45, 7) is 7.17. The molecule has 1 aliphatic heterocycles. The van der Waals surface area contributed by atoms with Crippen LogP contribution in [0.15, 0.2) is 41.8 Å². The molecule has 4 aromatic rings. The van der Waals surface area contributed by atoms with E-state index in [9.17, 15) is 0 Å². The molecule has 1 saturated heterocycles. The van der Waals surface area contributed by atoms with Crippen LogP contribution in [-0.4, -0.2) is 45.5 Å². The Balaban J connectivity index is 1.37. The molecule has 8 nitrogen and oxygen atoms in total. The highest BCUT2D eigenvalue weighted by Crippen LogP contribution is 2.44. The van der Waals surface area contributed by atoms with Crippen LogP contribution in [0.3, 0.4) is 0 Å². The number of hydrogen-bond donors (Lipinski definition) is 3. The van der Waals surface area contributed by atoms with Crippen LogP contribution in [0.5, 0.6) is 0 Å². The standard InChI is InChI=1S/C26H30N6O2S2/c1-14-20(24-31-17-8-4-5-9-19(17)36-24)23(32-25(29-14)28-13-16-7-6-10-35-16)30-18-11-15(12-27)21-22(18)34-26(2,3)33-21/h4-10,15,18,21-22H,11-13,27H2,1-3H3,(H2,28,29,30,32)/t15-,18-,21-,22+/m1/s1. The summed E-state index contributed by atoms with van der Waals surface area (Å²) < 4.78 is 13.7. The van der Waals surface area contributed by atoms with Gasteiger partial charge in [0.05, 0.1) is 40.2 Å². The predicted molar refractivity (Wildman–Crippen MR) is 145 cm³/mol. The first-order chi connectivity index (χ1) is 17.4. The van der Waals surface area contributed by atoms with Crippen molar-refractivity contribution in [3.05, 3.63) is 52.3 Å². The average Bonchev–Trinajstić information content (AvgIpc) is 3.62. The normalized spacial score (nSPS) is 24.8. The molecule has 188 valence electrons. The zero-order chi connectivity index (χ0) is 24.9. The van der Waals surface area contributed by atoms with Gasteiger partial charge in [-0.05, 0) is 57.3 Å². The van der Waals surface area contributed by atoms with Crippen LogP contribution >= 0.6 is 22.7 Å². The van der Waals surface area contributed by atoms with Crippen LogP contribution in [-0.2, 0) is 16.0 Å². The Hall–Kier alpha value is -2.63. The lowest BCUT2D eigenvalue weighted by Gasteiger charge is -2.25. The van der Waals surface area contributed by atoms with E-state index in [-0.39, 0.29) is 24.2 Å². The lowest BCUT2D eigenvalue weighted by atomic mass is 10.1. The molecule has 0 unspecified atom stereocenters. The smallest absolute Gasteiger partial charge is 0.225 e. The van der Waals surface area contributed by atoms with E-state index in [1.165, 1.54) is 4.88 Å². The summed E-state index contributed by atoms with van der Waals surface area (Å²) in [6, 6.07) is 12.3. The van der Waals surface area contributed by atoms with Crippen molar-refractivity contribution in [2.45, 2.75) is 57.8 Å². The lowest BCUT2D eigenvalue weighted by molar-refractivity contribution is -0.156. The summed E-state index contributed by atoms with van der Waals surface area (Å²) >= 11 is 3.36. The first-order valence-corrected chi connectivity index (χ1v) is 13.9. The Kier molecular flexibility index (Phi) is 6.17. The van der Waals surface area contributed by atoms with Gasteiger partial charge in [-0.25, -0.2) is 9.97 Å². The van der Waals surface area contributed by atoms with Crippen molar-refractivity contribution in [1.82, 2.24) is 15.0 Å². The molecule has 2 aliphatic rings. The number of fused-ring (bicyclic) bond motifs is 2. The van der Waals surface area contributed by atoms with Crippen molar-refractivity contribution in [3.63, 3.8) is 0 Å². The van der Waals surface area contributed by atoms with Crippen molar-refractivity contribution in [2.24, 2.45) is 11.7 Å². The summed E-state index contributed by atoms with van der Waals surface area (Å²) in [7, 11) is 0. The number of nitrogens with two attached hydrogens (primary N) is 1. The fourth-order valence-electron chi connectivity index (χ4n) is 5.21. The zero-order valence-electron chi connectivity index (χ0n) is 20.5. The highest BCUT2D eigenvalue weighted by Gasteiger charge is 2.53. The number of benzene rings is 1. The lowest BCUT2D eigenvalue weighted by Crippen LogP contribution is -2.35. The number of nitrogens with one attached hydrogen (secondary N) is 2. The van der Waals surface area contributed by atoms with Crippen molar-refractivity contribution >= 4 is 44.7 Å². The molecular weight excluding hydrogens is 492 g/mol. The van der Waals surface area contributed by atoms with Gasteiger partial charge in [0.1, 0.15) is 16.9 Å². The topological polar surface area (TPSA) is 107 Å². The highest BCUT2D eigenvalue weighted by molar-refractivity contribution is 7.21. The minimum absolute atomic E-state index is 0.0119. The van der Waals surface area contributed by atoms with Gasteiger partial charge in [-0.3, -0.25) is 0 Å². The Morgan fingerprint density at radius 1 is 1.08 bits per heavy atom. The van der Waals surface area contributed by atoms with E-state index in [0.29, 0.717) is 19.0 Å². The summed E-state index contributed by atoms with van der Waals surface area (Å²) in [5.41, 5.74) is 8.89. The summed E-state index contributed by atoms with van der Waals surface area (Å²) in [5, 5.41) is 10.1. The third kappa shape index (κ3) is 4.48. The third-order valence-electron chi connectivity index (χ3n) is 6.80. The van der Waals surface area contributed by atoms with Gasteiger partial charge in [0.2, 0.25) is 5.95 Å². The fourth-order valence-corrected chi connectivity index (χ4v) is 6.91. The number of aryl methyl sites for hydroxylation is 1.